The molecular formula is C12H20N2O5. The molecule has 7 nitrogen and oxygen atoms in total. The van der Waals surface area contributed by atoms with Gasteiger partial charge in [0.2, 0.25) is 0 Å². The van der Waals surface area contributed by atoms with Crippen LogP contribution in [-0.4, -0.2) is 52.2 Å². The number of carbonyl (C=O) groups is 3. The average molecular weight is 272 g/mol. The lowest BCUT2D eigenvalue weighted by molar-refractivity contribution is -0.140. The number of amides is 2. The summed E-state index contributed by atoms with van der Waals surface area (Å²) in [5.74, 6) is -2.16. The minimum Gasteiger partial charge on any atom is -0.481 e. The highest BCUT2D eigenvalue weighted by Gasteiger charge is 2.22. The number of hydrogen-bond acceptors (Lipinski definition) is 3. The number of carboxylic acids is 2. The molecule has 0 saturated carbocycles. The van der Waals surface area contributed by atoms with Crippen LogP contribution in [0.25, 0.3) is 0 Å². The Balaban J connectivity index is 4.39. The molecule has 0 rings (SSSR count). The van der Waals surface area contributed by atoms with E-state index in [1.54, 1.807) is 13.0 Å². The van der Waals surface area contributed by atoms with Crippen molar-refractivity contribution in [3.8, 4) is 0 Å². The molecule has 1 atom stereocenters. The summed E-state index contributed by atoms with van der Waals surface area (Å²) in [6.07, 6.45) is 1.70. The van der Waals surface area contributed by atoms with Crippen molar-refractivity contribution in [3.05, 3.63) is 12.7 Å². The summed E-state index contributed by atoms with van der Waals surface area (Å²) >= 11 is 0. The molecule has 0 aromatic rings. The topological polar surface area (TPSA) is 107 Å². The zero-order valence-corrected chi connectivity index (χ0v) is 11.0. The maximum atomic E-state index is 11.8. The fourth-order valence-electron chi connectivity index (χ4n) is 1.47. The minimum absolute atomic E-state index is 0.0824. The largest absolute Gasteiger partial charge is 0.481 e. The number of carboxylic acid groups (broad SMARTS) is 2. The van der Waals surface area contributed by atoms with Gasteiger partial charge in [-0.05, 0) is 19.8 Å². The smallest absolute Gasteiger partial charge is 0.326 e. The highest BCUT2D eigenvalue weighted by molar-refractivity contribution is 5.82. The number of hydrogen-bond donors (Lipinski definition) is 3. The summed E-state index contributed by atoms with van der Waals surface area (Å²) in [5, 5.41) is 19.8. The average Bonchev–Trinajstić information content (AvgIpc) is 2.33. The second kappa shape index (κ2) is 8.96. The van der Waals surface area contributed by atoms with Gasteiger partial charge in [-0.25, -0.2) is 9.59 Å². The monoisotopic (exact) mass is 272 g/mol. The van der Waals surface area contributed by atoms with E-state index in [4.69, 9.17) is 10.2 Å². The molecule has 0 bridgehead atoms. The van der Waals surface area contributed by atoms with Crippen LogP contribution < -0.4 is 5.32 Å². The zero-order valence-electron chi connectivity index (χ0n) is 11.0. The van der Waals surface area contributed by atoms with E-state index in [0.29, 0.717) is 13.1 Å². The Hall–Kier alpha value is -2.05. The van der Waals surface area contributed by atoms with Crippen molar-refractivity contribution in [3.63, 3.8) is 0 Å². The van der Waals surface area contributed by atoms with E-state index in [0.717, 1.165) is 0 Å². The van der Waals surface area contributed by atoms with Crippen molar-refractivity contribution >= 4 is 18.0 Å². The number of likely N-dealkylation sites (N-methyl/N-ethyl adjacent to an activating group) is 1. The van der Waals surface area contributed by atoms with Gasteiger partial charge in [0.1, 0.15) is 6.04 Å². The van der Waals surface area contributed by atoms with E-state index in [9.17, 15) is 14.4 Å². The van der Waals surface area contributed by atoms with Gasteiger partial charge in [0.05, 0.1) is 0 Å². The van der Waals surface area contributed by atoms with Crippen LogP contribution in [-0.2, 0) is 9.59 Å². The van der Waals surface area contributed by atoms with Gasteiger partial charge < -0.3 is 20.4 Å². The van der Waals surface area contributed by atoms with E-state index in [2.05, 4.69) is 11.9 Å². The Bertz CT molecular complexity index is 343. The van der Waals surface area contributed by atoms with Crippen LogP contribution in [0.15, 0.2) is 12.7 Å². The third-order valence-corrected chi connectivity index (χ3v) is 2.50. The summed E-state index contributed by atoms with van der Waals surface area (Å²) in [6.45, 7) is 6.03. The van der Waals surface area contributed by atoms with Crippen LogP contribution in [0, 0.1) is 0 Å². The molecule has 0 saturated heterocycles. The molecule has 2 amide bonds. The van der Waals surface area contributed by atoms with Crippen LogP contribution in [0.1, 0.15) is 26.2 Å². The van der Waals surface area contributed by atoms with Gasteiger partial charge in [0.15, 0.2) is 0 Å². The quantitative estimate of drug-likeness (QED) is 0.541. The summed E-state index contributed by atoms with van der Waals surface area (Å²) in [6, 6.07) is -1.57. The zero-order chi connectivity index (χ0) is 14.8. The number of nitrogens with zero attached hydrogens (tertiary/aromatic N) is 1. The fraction of sp³-hybridized carbons (Fsp3) is 0.583. The van der Waals surface area contributed by atoms with Crippen LogP contribution in [0.5, 0.6) is 0 Å². The van der Waals surface area contributed by atoms with Crippen LogP contribution >= 0.6 is 0 Å². The minimum atomic E-state index is -1.17. The first-order valence-corrected chi connectivity index (χ1v) is 6.03. The molecule has 0 aliphatic carbocycles. The molecule has 0 aromatic carbocycles. The van der Waals surface area contributed by atoms with Crippen LogP contribution in [0.2, 0.25) is 0 Å². The van der Waals surface area contributed by atoms with Crippen molar-refractivity contribution in [2.75, 3.05) is 13.1 Å². The van der Waals surface area contributed by atoms with Crippen LogP contribution in [0.4, 0.5) is 4.79 Å². The molecule has 0 fully saturated rings. The van der Waals surface area contributed by atoms with E-state index in [-0.39, 0.29) is 19.3 Å². The second-order valence-corrected chi connectivity index (χ2v) is 3.95. The molecular weight excluding hydrogens is 252 g/mol. The first kappa shape index (κ1) is 16.9. The molecule has 108 valence electrons. The maximum absolute atomic E-state index is 11.8. The lowest BCUT2D eigenvalue weighted by Crippen LogP contribution is -2.48. The Kier molecular flexibility index (Phi) is 7.99. The molecule has 0 spiro atoms. The number of rotatable bonds is 9. The van der Waals surface area contributed by atoms with Crippen molar-refractivity contribution < 1.29 is 24.6 Å². The second-order valence-electron chi connectivity index (χ2n) is 3.95. The first-order valence-electron chi connectivity index (χ1n) is 6.03. The summed E-state index contributed by atoms with van der Waals surface area (Å²) in [4.78, 5) is 34.5. The molecule has 0 unspecified atom stereocenters. The summed E-state index contributed by atoms with van der Waals surface area (Å²) < 4.78 is 0. The highest BCUT2D eigenvalue weighted by Crippen LogP contribution is 2.03. The Labute approximate surface area is 111 Å². The van der Waals surface area contributed by atoms with Crippen molar-refractivity contribution in [1.29, 1.82) is 0 Å². The third kappa shape index (κ3) is 7.07. The number of nitrogens with one attached hydrogen (secondary N) is 1. The van der Waals surface area contributed by atoms with Crippen molar-refractivity contribution in [2.45, 2.75) is 32.2 Å². The lowest BCUT2D eigenvalue weighted by atomic mass is 10.1. The summed E-state index contributed by atoms with van der Waals surface area (Å²) in [5.41, 5.74) is 0. The number of aliphatic carboxylic acids is 2. The Morgan fingerprint density at radius 2 is 2.00 bits per heavy atom. The lowest BCUT2D eigenvalue weighted by Gasteiger charge is -2.22. The van der Waals surface area contributed by atoms with Gasteiger partial charge in [0.25, 0.3) is 0 Å². The first-order chi connectivity index (χ1) is 8.92. The Morgan fingerprint density at radius 1 is 1.37 bits per heavy atom. The van der Waals surface area contributed by atoms with Gasteiger partial charge >= 0.3 is 18.0 Å². The molecule has 0 heterocycles. The van der Waals surface area contributed by atoms with E-state index in [1.807, 2.05) is 0 Å². The normalized spacial score (nSPS) is 11.4. The van der Waals surface area contributed by atoms with Gasteiger partial charge in [-0.1, -0.05) is 6.08 Å². The molecule has 0 radical (unpaired) electrons. The summed E-state index contributed by atoms with van der Waals surface area (Å²) in [7, 11) is 0. The van der Waals surface area contributed by atoms with Gasteiger partial charge in [0, 0.05) is 19.5 Å². The molecule has 0 aliphatic rings. The Morgan fingerprint density at radius 3 is 2.42 bits per heavy atom. The molecule has 0 aliphatic heterocycles. The van der Waals surface area contributed by atoms with E-state index < -0.39 is 24.0 Å². The number of carbonyl (C=O) groups excluding carboxylic acids is 1. The molecule has 7 heteroatoms. The number of urea groups is 1. The SMILES string of the molecule is C=CCN(CC)C(=O)N[C@H](CCCC(=O)O)C(=O)O. The predicted octanol–water partition coefficient (Wildman–Crippen LogP) is 0.912. The van der Waals surface area contributed by atoms with Gasteiger partial charge in [-0.15, -0.1) is 6.58 Å². The molecule has 3 N–H and O–H groups in total. The maximum Gasteiger partial charge on any atom is 0.326 e. The van der Waals surface area contributed by atoms with Gasteiger partial charge in [-0.2, -0.15) is 0 Å². The van der Waals surface area contributed by atoms with E-state index >= 15 is 0 Å². The van der Waals surface area contributed by atoms with Gasteiger partial charge in [-0.3, -0.25) is 4.79 Å². The van der Waals surface area contributed by atoms with Crippen LogP contribution in [0.3, 0.4) is 0 Å². The predicted molar refractivity (Wildman–Crippen MR) is 68.9 cm³/mol. The van der Waals surface area contributed by atoms with Crippen molar-refractivity contribution in [2.24, 2.45) is 0 Å². The van der Waals surface area contributed by atoms with Crippen molar-refractivity contribution in [1.82, 2.24) is 10.2 Å². The fourth-order valence-corrected chi connectivity index (χ4v) is 1.47. The third-order valence-electron chi connectivity index (χ3n) is 2.50. The molecule has 19 heavy (non-hydrogen) atoms. The standard InChI is InChI=1S/C12H20N2O5/c1-3-8-14(4-2)12(19)13-9(11(17)18)6-5-7-10(15)16/h3,9H,1,4-8H2,2H3,(H,13,19)(H,15,16)(H,17,18)/t9-/m1/s1. The van der Waals surface area contributed by atoms with E-state index in [1.165, 1.54) is 4.90 Å². The highest BCUT2D eigenvalue weighted by atomic mass is 16.4. The molecule has 0 aromatic heterocycles.